The fraction of sp³-hybridized carbons (Fsp3) is 0.611. The maximum Gasteiger partial charge on any atom is 0.226 e. The molecule has 1 aliphatic heterocycles. The Balaban J connectivity index is 1.36. The van der Waals surface area contributed by atoms with Crippen molar-refractivity contribution in [3.8, 4) is 0 Å². The molecule has 0 unspecified atom stereocenters. The van der Waals surface area contributed by atoms with E-state index in [1.54, 1.807) is 0 Å². The number of benzene rings is 1. The zero-order chi connectivity index (χ0) is 15.1. The fourth-order valence-corrected chi connectivity index (χ4v) is 4.82. The van der Waals surface area contributed by atoms with Gasteiger partial charge in [0.2, 0.25) is 5.91 Å². The molecule has 0 radical (unpaired) electrons. The van der Waals surface area contributed by atoms with Gasteiger partial charge in [-0.15, -0.1) is 0 Å². The lowest BCUT2D eigenvalue weighted by Crippen LogP contribution is -2.51. The van der Waals surface area contributed by atoms with Crippen molar-refractivity contribution in [3.63, 3.8) is 0 Å². The lowest BCUT2D eigenvalue weighted by atomic mass is 9.87. The molecule has 0 spiro atoms. The van der Waals surface area contributed by atoms with Gasteiger partial charge in [-0.2, -0.15) is 0 Å². The number of halogens is 1. The standard InChI is InChI=1S/C18H23ClN2O/c19-15-2-1-3-16(12-15)20-6-8-21(9-7-20)18(22)17-11-13-4-5-14(17)10-13/h1-3,12-14,17H,4-11H2/t13-,14+,17-/m0/s1. The van der Waals surface area contributed by atoms with Crippen LogP contribution in [0.3, 0.4) is 0 Å². The summed E-state index contributed by atoms with van der Waals surface area (Å²) in [6, 6.07) is 8.00. The number of amides is 1. The molecule has 2 saturated carbocycles. The van der Waals surface area contributed by atoms with Crippen molar-refractivity contribution >= 4 is 23.2 Å². The van der Waals surface area contributed by atoms with E-state index in [-0.39, 0.29) is 0 Å². The Morgan fingerprint density at radius 2 is 1.91 bits per heavy atom. The van der Waals surface area contributed by atoms with Crippen LogP contribution in [0.2, 0.25) is 5.02 Å². The third-order valence-electron chi connectivity index (χ3n) is 5.82. The van der Waals surface area contributed by atoms with Crippen molar-refractivity contribution in [1.82, 2.24) is 4.90 Å². The van der Waals surface area contributed by atoms with E-state index in [0.717, 1.165) is 43.5 Å². The van der Waals surface area contributed by atoms with E-state index in [2.05, 4.69) is 15.9 Å². The van der Waals surface area contributed by atoms with Gasteiger partial charge in [-0.25, -0.2) is 0 Å². The molecule has 3 nitrogen and oxygen atoms in total. The maximum atomic E-state index is 12.8. The third kappa shape index (κ3) is 2.60. The van der Waals surface area contributed by atoms with Crippen LogP contribution in [0.1, 0.15) is 25.7 Å². The summed E-state index contributed by atoms with van der Waals surface area (Å²) < 4.78 is 0. The van der Waals surface area contributed by atoms with Crippen LogP contribution >= 0.6 is 11.6 Å². The molecule has 4 heteroatoms. The summed E-state index contributed by atoms with van der Waals surface area (Å²) in [6.45, 7) is 3.51. The van der Waals surface area contributed by atoms with Crippen LogP contribution in [-0.4, -0.2) is 37.0 Å². The fourth-order valence-electron chi connectivity index (χ4n) is 4.64. The SMILES string of the molecule is O=C([C@H]1C[C@H]2CC[C@@H]1C2)N1CCN(c2cccc(Cl)c2)CC1. The second-order valence-electron chi connectivity index (χ2n) is 7.07. The van der Waals surface area contributed by atoms with Gasteiger partial charge >= 0.3 is 0 Å². The summed E-state index contributed by atoms with van der Waals surface area (Å²) in [5.41, 5.74) is 1.17. The molecular formula is C18H23ClN2O. The number of piperazine rings is 1. The number of rotatable bonds is 2. The average Bonchev–Trinajstić information content (AvgIpc) is 3.17. The molecule has 0 N–H and O–H groups in total. The Labute approximate surface area is 137 Å². The molecule has 118 valence electrons. The highest BCUT2D eigenvalue weighted by molar-refractivity contribution is 6.30. The summed E-state index contributed by atoms with van der Waals surface area (Å²) in [5.74, 6) is 2.28. The molecule has 1 saturated heterocycles. The van der Waals surface area contributed by atoms with Gasteiger partial charge < -0.3 is 9.80 Å². The van der Waals surface area contributed by atoms with Crippen molar-refractivity contribution < 1.29 is 4.79 Å². The van der Waals surface area contributed by atoms with Crippen molar-refractivity contribution in [1.29, 1.82) is 0 Å². The second-order valence-corrected chi connectivity index (χ2v) is 7.51. The molecule has 0 aromatic heterocycles. The summed E-state index contributed by atoms with van der Waals surface area (Å²) in [4.78, 5) is 17.2. The van der Waals surface area contributed by atoms with Crippen LogP contribution in [0, 0.1) is 17.8 Å². The van der Waals surface area contributed by atoms with Gasteiger partial charge in [0.1, 0.15) is 0 Å². The minimum Gasteiger partial charge on any atom is -0.368 e. The zero-order valence-corrected chi connectivity index (χ0v) is 13.6. The Kier molecular flexibility index (Phi) is 3.77. The quantitative estimate of drug-likeness (QED) is 0.834. The Morgan fingerprint density at radius 3 is 2.55 bits per heavy atom. The zero-order valence-electron chi connectivity index (χ0n) is 12.9. The van der Waals surface area contributed by atoms with Crippen LogP contribution < -0.4 is 4.90 Å². The highest BCUT2D eigenvalue weighted by Crippen LogP contribution is 2.48. The van der Waals surface area contributed by atoms with E-state index in [9.17, 15) is 4.79 Å². The smallest absolute Gasteiger partial charge is 0.226 e. The van der Waals surface area contributed by atoms with E-state index in [1.165, 1.54) is 24.9 Å². The molecule has 2 bridgehead atoms. The molecule has 1 aromatic rings. The first-order valence-electron chi connectivity index (χ1n) is 8.50. The number of carbonyl (C=O) groups excluding carboxylic acids is 1. The largest absolute Gasteiger partial charge is 0.368 e. The van der Waals surface area contributed by atoms with Gasteiger partial charge in [-0.1, -0.05) is 24.1 Å². The van der Waals surface area contributed by atoms with Gasteiger partial charge in [0.15, 0.2) is 0 Å². The van der Waals surface area contributed by atoms with Gasteiger partial charge in [0.25, 0.3) is 0 Å². The molecular weight excluding hydrogens is 296 g/mol. The maximum absolute atomic E-state index is 12.8. The van der Waals surface area contributed by atoms with Gasteiger partial charge in [0, 0.05) is 42.8 Å². The highest BCUT2D eigenvalue weighted by atomic mass is 35.5. The second kappa shape index (κ2) is 5.77. The topological polar surface area (TPSA) is 23.6 Å². The molecule has 1 amide bonds. The third-order valence-corrected chi connectivity index (χ3v) is 6.06. The Hall–Kier alpha value is -1.22. The van der Waals surface area contributed by atoms with Gasteiger partial charge in [-0.05, 0) is 49.3 Å². The van der Waals surface area contributed by atoms with E-state index in [1.807, 2.05) is 18.2 Å². The lowest BCUT2D eigenvalue weighted by molar-refractivity contribution is -0.137. The number of hydrogen-bond acceptors (Lipinski definition) is 2. The van der Waals surface area contributed by atoms with Crippen molar-refractivity contribution in [2.24, 2.45) is 17.8 Å². The van der Waals surface area contributed by atoms with Gasteiger partial charge in [0.05, 0.1) is 0 Å². The minimum absolute atomic E-state index is 0.330. The first-order valence-corrected chi connectivity index (χ1v) is 8.88. The molecule has 4 rings (SSSR count). The van der Waals surface area contributed by atoms with E-state index in [4.69, 9.17) is 11.6 Å². The summed E-state index contributed by atoms with van der Waals surface area (Å²) in [7, 11) is 0. The van der Waals surface area contributed by atoms with Crippen LogP contribution in [0.5, 0.6) is 0 Å². The van der Waals surface area contributed by atoms with E-state index in [0.29, 0.717) is 17.7 Å². The average molecular weight is 319 g/mol. The molecule has 2 aliphatic carbocycles. The molecule has 3 fully saturated rings. The molecule has 1 aromatic carbocycles. The van der Waals surface area contributed by atoms with Crippen LogP contribution in [0.25, 0.3) is 0 Å². The predicted molar refractivity (Wildman–Crippen MR) is 89.2 cm³/mol. The van der Waals surface area contributed by atoms with Crippen LogP contribution in [0.4, 0.5) is 5.69 Å². The summed E-state index contributed by atoms with van der Waals surface area (Å²) >= 11 is 6.07. The summed E-state index contributed by atoms with van der Waals surface area (Å²) in [6.07, 6.45) is 5.09. The van der Waals surface area contributed by atoms with Crippen molar-refractivity contribution in [3.05, 3.63) is 29.3 Å². The number of carbonyl (C=O) groups is 1. The molecule has 3 aliphatic rings. The van der Waals surface area contributed by atoms with Crippen LogP contribution in [-0.2, 0) is 4.79 Å². The normalized spacial score (nSPS) is 30.9. The number of hydrogen-bond donors (Lipinski definition) is 0. The Morgan fingerprint density at radius 1 is 1.09 bits per heavy atom. The predicted octanol–water partition coefficient (Wildman–Crippen LogP) is 3.42. The minimum atomic E-state index is 0.330. The summed E-state index contributed by atoms with van der Waals surface area (Å²) in [5, 5.41) is 0.776. The Bertz CT molecular complexity index is 568. The first-order chi connectivity index (χ1) is 10.7. The van der Waals surface area contributed by atoms with Crippen molar-refractivity contribution in [2.45, 2.75) is 25.7 Å². The molecule has 22 heavy (non-hydrogen) atoms. The molecule has 3 atom stereocenters. The monoisotopic (exact) mass is 318 g/mol. The number of nitrogens with zero attached hydrogens (tertiary/aromatic N) is 2. The van der Waals surface area contributed by atoms with Crippen LogP contribution in [0.15, 0.2) is 24.3 Å². The lowest BCUT2D eigenvalue weighted by Gasteiger charge is -2.38. The van der Waals surface area contributed by atoms with Crippen molar-refractivity contribution in [2.75, 3.05) is 31.1 Å². The molecule has 1 heterocycles. The van der Waals surface area contributed by atoms with Gasteiger partial charge in [-0.3, -0.25) is 4.79 Å². The van der Waals surface area contributed by atoms with E-state index < -0.39 is 0 Å². The first kappa shape index (κ1) is 14.4. The number of fused-ring (bicyclic) bond motifs is 2. The highest BCUT2D eigenvalue weighted by Gasteiger charge is 2.44. The number of anilines is 1. The van der Waals surface area contributed by atoms with E-state index >= 15 is 0 Å².